The molecule has 0 amide bonds. The number of hydrogen-bond acceptors (Lipinski definition) is 2. The molecule has 0 heterocycles. The summed E-state index contributed by atoms with van der Waals surface area (Å²) in [5, 5.41) is 3.41. The third kappa shape index (κ3) is 5.93. The molecule has 0 fully saturated rings. The number of Topliss-reactive ketones (excluding diaryl/α,β-unsaturated/α-hetero) is 1. The van der Waals surface area contributed by atoms with Crippen LogP contribution in [0, 0.1) is 5.41 Å². The van der Waals surface area contributed by atoms with Crippen molar-refractivity contribution in [1.29, 1.82) is 0 Å². The minimum absolute atomic E-state index is 0.000741. The van der Waals surface area contributed by atoms with Crippen molar-refractivity contribution >= 4 is 5.78 Å². The Bertz CT molecular complexity index is 208. The quantitative estimate of drug-likeness (QED) is 0.777. The molecule has 0 aliphatic carbocycles. The van der Waals surface area contributed by atoms with Crippen molar-refractivity contribution in [3.05, 3.63) is 0 Å². The van der Waals surface area contributed by atoms with Crippen LogP contribution in [0.25, 0.3) is 0 Å². The Balaban J connectivity index is 4.60. The zero-order valence-electron chi connectivity index (χ0n) is 11.4. The van der Waals surface area contributed by atoms with Crippen molar-refractivity contribution in [3.8, 4) is 0 Å². The predicted octanol–water partition coefficient (Wildman–Crippen LogP) is 3.16. The highest BCUT2D eigenvalue weighted by molar-refractivity contribution is 5.88. The Morgan fingerprint density at radius 3 is 1.87 bits per heavy atom. The normalized spacial score (nSPS) is 15.1. The lowest BCUT2D eigenvalue weighted by Crippen LogP contribution is -2.50. The van der Waals surface area contributed by atoms with Crippen molar-refractivity contribution in [2.45, 2.75) is 72.9 Å². The maximum absolute atomic E-state index is 12.2. The minimum Gasteiger partial charge on any atom is -0.303 e. The van der Waals surface area contributed by atoms with Crippen LogP contribution >= 0.6 is 0 Å². The fourth-order valence-corrected chi connectivity index (χ4v) is 1.60. The van der Waals surface area contributed by atoms with Crippen molar-refractivity contribution in [2.75, 3.05) is 0 Å². The van der Waals surface area contributed by atoms with E-state index in [2.05, 4.69) is 33.0 Å². The third-order valence-electron chi connectivity index (χ3n) is 2.24. The van der Waals surface area contributed by atoms with Gasteiger partial charge < -0.3 is 5.32 Å². The highest BCUT2D eigenvalue weighted by Gasteiger charge is 2.31. The standard InChI is InChI=1S/C13H27NO/c1-8-9-10(14-13(5,6)7)11(15)12(2,3)4/h10,14H,8-9H2,1-7H3/t10-/m0/s1. The summed E-state index contributed by atoms with van der Waals surface area (Å²) in [5.74, 6) is 0.319. The van der Waals surface area contributed by atoms with Gasteiger partial charge in [-0.3, -0.25) is 4.79 Å². The number of carbonyl (C=O) groups excluding carboxylic acids is 1. The molecule has 0 aromatic heterocycles. The van der Waals surface area contributed by atoms with E-state index in [1.54, 1.807) is 0 Å². The van der Waals surface area contributed by atoms with Crippen LogP contribution in [0.1, 0.15) is 61.3 Å². The first-order valence-electron chi connectivity index (χ1n) is 5.90. The van der Waals surface area contributed by atoms with Crippen LogP contribution in [0.4, 0.5) is 0 Å². The fraction of sp³-hybridized carbons (Fsp3) is 0.923. The van der Waals surface area contributed by atoms with Crippen LogP contribution < -0.4 is 5.32 Å². The number of rotatable bonds is 4. The van der Waals surface area contributed by atoms with E-state index >= 15 is 0 Å². The smallest absolute Gasteiger partial charge is 0.155 e. The van der Waals surface area contributed by atoms with Crippen LogP contribution in [-0.2, 0) is 4.79 Å². The maximum Gasteiger partial charge on any atom is 0.155 e. The summed E-state index contributed by atoms with van der Waals surface area (Å²) in [6, 6.07) is -0.00463. The van der Waals surface area contributed by atoms with E-state index in [0.717, 1.165) is 12.8 Å². The van der Waals surface area contributed by atoms with Gasteiger partial charge in [-0.2, -0.15) is 0 Å². The molecule has 0 bridgehead atoms. The molecular formula is C13H27NO. The lowest BCUT2D eigenvalue weighted by molar-refractivity contribution is -0.129. The van der Waals surface area contributed by atoms with Gasteiger partial charge in [0, 0.05) is 11.0 Å². The number of hydrogen-bond donors (Lipinski definition) is 1. The van der Waals surface area contributed by atoms with Gasteiger partial charge in [-0.05, 0) is 27.2 Å². The van der Waals surface area contributed by atoms with Gasteiger partial charge in [-0.1, -0.05) is 34.1 Å². The van der Waals surface area contributed by atoms with Crippen molar-refractivity contribution in [1.82, 2.24) is 5.32 Å². The summed E-state index contributed by atoms with van der Waals surface area (Å²) in [4.78, 5) is 12.2. The summed E-state index contributed by atoms with van der Waals surface area (Å²) >= 11 is 0. The molecule has 0 aliphatic rings. The lowest BCUT2D eigenvalue weighted by Gasteiger charge is -2.31. The van der Waals surface area contributed by atoms with Crippen LogP contribution in [0.15, 0.2) is 0 Å². The Morgan fingerprint density at radius 1 is 1.13 bits per heavy atom. The van der Waals surface area contributed by atoms with Gasteiger partial charge in [0.15, 0.2) is 5.78 Å². The van der Waals surface area contributed by atoms with Gasteiger partial charge >= 0.3 is 0 Å². The van der Waals surface area contributed by atoms with Crippen LogP contribution in [-0.4, -0.2) is 17.4 Å². The first-order valence-corrected chi connectivity index (χ1v) is 5.90. The second-order valence-electron chi connectivity index (χ2n) is 6.35. The van der Waals surface area contributed by atoms with E-state index in [1.165, 1.54) is 0 Å². The Hall–Kier alpha value is -0.370. The van der Waals surface area contributed by atoms with Gasteiger partial charge in [0.25, 0.3) is 0 Å². The third-order valence-corrected chi connectivity index (χ3v) is 2.24. The van der Waals surface area contributed by atoms with Gasteiger partial charge in [-0.15, -0.1) is 0 Å². The number of nitrogens with one attached hydrogen (secondary N) is 1. The maximum atomic E-state index is 12.2. The Labute approximate surface area is 94.8 Å². The average Bonchev–Trinajstić information content (AvgIpc) is 1.98. The van der Waals surface area contributed by atoms with Crippen molar-refractivity contribution < 1.29 is 4.79 Å². The number of carbonyl (C=O) groups is 1. The van der Waals surface area contributed by atoms with Crippen LogP contribution in [0.5, 0.6) is 0 Å². The predicted molar refractivity (Wildman–Crippen MR) is 66.0 cm³/mol. The molecule has 1 atom stereocenters. The first kappa shape index (κ1) is 14.6. The molecule has 0 rings (SSSR count). The molecule has 0 saturated heterocycles. The monoisotopic (exact) mass is 213 g/mol. The van der Waals surface area contributed by atoms with Gasteiger partial charge in [0.1, 0.15) is 0 Å². The van der Waals surface area contributed by atoms with E-state index in [4.69, 9.17) is 0 Å². The molecule has 0 aromatic carbocycles. The van der Waals surface area contributed by atoms with Gasteiger partial charge in [0.2, 0.25) is 0 Å². The summed E-state index contributed by atoms with van der Waals surface area (Å²) in [5.41, 5.74) is -0.251. The molecule has 15 heavy (non-hydrogen) atoms. The molecule has 2 heteroatoms. The summed E-state index contributed by atoms with van der Waals surface area (Å²) in [6.45, 7) is 14.4. The van der Waals surface area contributed by atoms with E-state index < -0.39 is 0 Å². The molecule has 0 unspecified atom stereocenters. The highest BCUT2D eigenvalue weighted by atomic mass is 16.1. The summed E-state index contributed by atoms with van der Waals surface area (Å²) in [7, 11) is 0. The molecule has 1 N–H and O–H groups in total. The summed E-state index contributed by atoms with van der Waals surface area (Å²) < 4.78 is 0. The Morgan fingerprint density at radius 2 is 1.60 bits per heavy atom. The fourth-order valence-electron chi connectivity index (χ4n) is 1.60. The molecule has 0 aliphatic heterocycles. The van der Waals surface area contributed by atoms with Crippen molar-refractivity contribution in [2.24, 2.45) is 5.41 Å². The molecule has 0 radical (unpaired) electrons. The zero-order chi connectivity index (χ0) is 12.3. The molecule has 0 aromatic rings. The largest absolute Gasteiger partial charge is 0.303 e. The van der Waals surface area contributed by atoms with E-state index in [9.17, 15) is 4.79 Å². The number of ketones is 1. The molecule has 90 valence electrons. The molecular weight excluding hydrogens is 186 g/mol. The molecule has 0 spiro atoms. The van der Waals surface area contributed by atoms with E-state index in [0.29, 0.717) is 5.78 Å². The van der Waals surface area contributed by atoms with Crippen molar-refractivity contribution in [3.63, 3.8) is 0 Å². The minimum atomic E-state index is -0.252. The second kappa shape index (κ2) is 5.11. The van der Waals surface area contributed by atoms with E-state index in [-0.39, 0.29) is 17.0 Å². The zero-order valence-corrected chi connectivity index (χ0v) is 11.4. The Kier molecular flexibility index (Phi) is 4.98. The van der Waals surface area contributed by atoms with Crippen LogP contribution in [0.2, 0.25) is 0 Å². The van der Waals surface area contributed by atoms with E-state index in [1.807, 2.05) is 20.8 Å². The second-order valence-corrected chi connectivity index (χ2v) is 6.35. The lowest BCUT2D eigenvalue weighted by atomic mass is 9.84. The van der Waals surface area contributed by atoms with Crippen LogP contribution in [0.3, 0.4) is 0 Å². The first-order chi connectivity index (χ1) is 6.58. The average molecular weight is 213 g/mol. The summed E-state index contributed by atoms with van der Waals surface area (Å²) in [6.07, 6.45) is 1.96. The SMILES string of the molecule is CCC[C@H](NC(C)(C)C)C(=O)C(C)(C)C. The molecule has 2 nitrogen and oxygen atoms in total. The topological polar surface area (TPSA) is 29.1 Å². The van der Waals surface area contributed by atoms with Gasteiger partial charge in [-0.25, -0.2) is 0 Å². The highest BCUT2D eigenvalue weighted by Crippen LogP contribution is 2.20. The molecule has 0 saturated carbocycles. The van der Waals surface area contributed by atoms with Gasteiger partial charge in [0.05, 0.1) is 6.04 Å².